The monoisotopic (exact) mass is 262 g/mol. The largest absolute Gasteiger partial charge is 0.334 e. The molecule has 0 radical (unpaired) electrons. The average molecular weight is 263 g/mol. The maximum absolute atomic E-state index is 13.7. The van der Waals surface area contributed by atoms with E-state index in [9.17, 15) is 4.39 Å². The summed E-state index contributed by atoms with van der Waals surface area (Å²) in [7, 11) is 1.90. The van der Waals surface area contributed by atoms with E-state index in [2.05, 4.69) is 15.0 Å². The normalized spacial score (nSPS) is 11.1. The Balaban J connectivity index is 2.22. The van der Waals surface area contributed by atoms with E-state index in [0.717, 1.165) is 17.2 Å². The summed E-state index contributed by atoms with van der Waals surface area (Å²) in [5.41, 5.74) is 2.56. The van der Waals surface area contributed by atoms with Crippen LogP contribution < -0.4 is 0 Å². The molecular weight excluding hydrogens is 255 g/mol. The lowest BCUT2D eigenvalue weighted by Crippen LogP contribution is -1.92. The van der Waals surface area contributed by atoms with Gasteiger partial charge in [-0.05, 0) is 23.7 Å². The third kappa shape index (κ3) is 1.73. The van der Waals surface area contributed by atoms with E-state index in [1.807, 2.05) is 17.7 Å². The van der Waals surface area contributed by atoms with E-state index in [-0.39, 0.29) is 11.0 Å². The Bertz CT molecular complexity index is 738. The Morgan fingerprint density at radius 3 is 2.94 bits per heavy atom. The Kier molecular flexibility index (Phi) is 2.48. The van der Waals surface area contributed by atoms with Crippen LogP contribution in [0.15, 0.2) is 30.7 Å². The third-order valence-electron chi connectivity index (χ3n) is 2.71. The second kappa shape index (κ2) is 4.03. The first-order chi connectivity index (χ1) is 8.65. The van der Waals surface area contributed by atoms with Crippen LogP contribution in [-0.4, -0.2) is 19.5 Å². The van der Waals surface area contributed by atoms with Crippen LogP contribution in [0.4, 0.5) is 4.39 Å². The molecule has 0 aliphatic rings. The van der Waals surface area contributed by atoms with Crippen LogP contribution in [0.3, 0.4) is 0 Å². The summed E-state index contributed by atoms with van der Waals surface area (Å²) in [5, 5.41) is 0.0208. The molecule has 4 nitrogen and oxygen atoms in total. The predicted molar refractivity (Wildman–Crippen MR) is 66.7 cm³/mol. The van der Waals surface area contributed by atoms with Gasteiger partial charge in [0.1, 0.15) is 5.69 Å². The van der Waals surface area contributed by atoms with Crippen molar-refractivity contribution in [3.8, 4) is 11.3 Å². The van der Waals surface area contributed by atoms with E-state index in [1.54, 1.807) is 18.5 Å². The Hall–Kier alpha value is -2.01. The van der Waals surface area contributed by atoms with Crippen molar-refractivity contribution in [1.82, 2.24) is 19.5 Å². The molecule has 18 heavy (non-hydrogen) atoms. The maximum atomic E-state index is 13.7. The number of imidazole rings is 1. The molecule has 0 atom stereocenters. The second-order valence-electron chi connectivity index (χ2n) is 3.89. The zero-order valence-electron chi connectivity index (χ0n) is 9.43. The Labute approximate surface area is 107 Å². The number of halogens is 2. The topological polar surface area (TPSA) is 43.6 Å². The molecule has 0 amide bonds. The molecule has 0 aliphatic carbocycles. The number of fused-ring (bicyclic) bond motifs is 1. The van der Waals surface area contributed by atoms with Crippen LogP contribution >= 0.6 is 11.6 Å². The average Bonchev–Trinajstić information content (AvgIpc) is 2.74. The highest BCUT2D eigenvalue weighted by Gasteiger charge is 2.10. The van der Waals surface area contributed by atoms with Crippen molar-refractivity contribution >= 4 is 22.6 Å². The summed E-state index contributed by atoms with van der Waals surface area (Å²) in [6, 6.07) is 5.43. The summed E-state index contributed by atoms with van der Waals surface area (Å²) < 4.78 is 15.5. The standard InChI is InChI=1S/C12H8ClFN4/c1-18-6-16-9-4-7(2-3-10(9)18)11-8(14)5-15-12(13)17-11/h2-6H,1H3. The van der Waals surface area contributed by atoms with Crippen molar-refractivity contribution in [2.24, 2.45) is 7.05 Å². The fourth-order valence-electron chi connectivity index (χ4n) is 1.83. The van der Waals surface area contributed by atoms with Crippen LogP contribution in [0.2, 0.25) is 5.28 Å². The highest BCUT2D eigenvalue weighted by molar-refractivity contribution is 6.28. The number of rotatable bonds is 1. The van der Waals surface area contributed by atoms with Gasteiger partial charge in [-0.25, -0.2) is 19.3 Å². The number of aromatic nitrogens is 4. The van der Waals surface area contributed by atoms with Crippen molar-refractivity contribution in [3.05, 3.63) is 41.8 Å². The molecule has 0 N–H and O–H groups in total. The molecule has 0 saturated carbocycles. The van der Waals surface area contributed by atoms with Crippen molar-refractivity contribution in [3.63, 3.8) is 0 Å². The van der Waals surface area contributed by atoms with Gasteiger partial charge in [-0.3, -0.25) is 0 Å². The Morgan fingerprint density at radius 2 is 2.11 bits per heavy atom. The van der Waals surface area contributed by atoms with Crippen LogP contribution in [-0.2, 0) is 7.05 Å². The minimum atomic E-state index is -0.505. The molecule has 6 heteroatoms. The third-order valence-corrected chi connectivity index (χ3v) is 2.90. The summed E-state index contributed by atoms with van der Waals surface area (Å²) in [6.45, 7) is 0. The van der Waals surface area contributed by atoms with Gasteiger partial charge in [0, 0.05) is 12.6 Å². The molecule has 0 fully saturated rings. The lowest BCUT2D eigenvalue weighted by atomic mass is 10.1. The molecule has 3 aromatic rings. The number of hydrogen-bond donors (Lipinski definition) is 0. The zero-order valence-corrected chi connectivity index (χ0v) is 10.2. The van der Waals surface area contributed by atoms with Crippen LogP contribution in [0, 0.1) is 5.82 Å². The van der Waals surface area contributed by atoms with Gasteiger partial charge >= 0.3 is 0 Å². The van der Waals surface area contributed by atoms with Crippen LogP contribution in [0.1, 0.15) is 0 Å². The van der Waals surface area contributed by atoms with E-state index >= 15 is 0 Å². The fourth-order valence-corrected chi connectivity index (χ4v) is 1.96. The van der Waals surface area contributed by atoms with Gasteiger partial charge in [-0.15, -0.1) is 0 Å². The van der Waals surface area contributed by atoms with Crippen LogP contribution in [0.25, 0.3) is 22.3 Å². The Morgan fingerprint density at radius 1 is 1.28 bits per heavy atom. The first-order valence-electron chi connectivity index (χ1n) is 5.24. The number of benzene rings is 1. The molecule has 0 bridgehead atoms. The minimum Gasteiger partial charge on any atom is -0.334 e. The summed E-state index contributed by atoms with van der Waals surface area (Å²) in [6.07, 6.45) is 2.77. The number of aryl methyl sites for hydroxylation is 1. The first-order valence-corrected chi connectivity index (χ1v) is 5.62. The van der Waals surface area contributed by atoms with E-state index in [4.69, 9.17) is 11.6 Å². The van der Waals surface area contributed by atoms with Gasteiger partial charge in [-0.2, -0.15) is 0 Å². The summed E-state index contributed by atoms with van der Waals surface area (Å²) >= 11 is 5.68. The molecule has 2 aromatic heterocycles. The van der Waals surface area contributed by atoms with E-state index < -0.39 is 5.82 Å². The highest BCUT2D eigenvalue weighted by atomic mass is 35.5. The molecule has 0 aliphatic heterocycles. The minimum absolute atomic E-state index is 0.0208. The van der Waals surface area contributed by atoms with E-state index in [1.165, 1.54) is 0 Å². The predicted octanol–water partition coefficient (Wildman–Crippen LogP) is 2.82. The van der Waals surface area contributed by atoms with E-state index in [0.29, 0.717) is 5.56 Å². The first kappa shape index (κ1) is 11.1. The van der Waals surface area contributed by atoms with Gasteiger partial charge in [-0.1, -0.05) is 6.07 Å². The molecule has 1 aromatic carbocycles. The van der Waals surface area contributed by atoms with Crippen molar-refractivity contribution in [1.29, 1.82) is 0 Å². The maximum Gasteiger partial charge on any atom is 0.223 e. The molecule has 0 saturated heterocycles. The molecule has 0 unspecified atom stereocenters. The van der Waals surface area contributed by atoms with Gasteiger partial charge in [0.05, 0.1) is 23.6 Å². The quantitative estimate of drug-likeness (QED) is 0.634. The zero-order chi connectivity index (χ0) is 12.7. The molecule has 3 rings (SSSR count). The molecule has 0 spiro atoms. The fraction of sp³-hybridized carbons (Fsp3) is 0.0833. The lowest BCUT2D eigenvalue weighted by Gasteiger charge is -2.03. The summed E-state index contributed by atoms with van der Waals surface area (Å²) in [4.78, 5) is 11.7. The van der Waals surface area contributed by atoms with Crippen molar-refractivity contribution < 1.29 is 4.39 Å². The van der Waals surface area contributed by atoms with Gasteiger partial charge in [0.15, 0.2) is 5.82 Å². The van der Waals surface area contributed by atoms with Crippen molar-refractivity contribution in [2.45, 2.75) is 0 Å². The number of hydrogen-bond acceptors (Lipinski definition) is 3. The molecule has 90 valence electrons. The highest BCUT2D eigenvalue weighted by Crippen LogP contribution is 2.24. The molecule has 2 heterocycles. The number of nitrogens with zero attached hydrogens (tertiary/aromatic N) is 4. The van der Waals surface area contributed by atoms with Gasteiger partial charge in [0.2, 0.25) is 5.28 Å². The van der Waals surface area contributed by atoms with Gasteiger partial charge in [0.25, 0.3) is 0 Å². The second-order valence-corrected chi connectivity index (χ2v) is 4.23. The summed E-state index contributed by atoms with van der Waals surface area (Å²) in [5.74, 6) is -0.505. The smallest absolute Gasteiger partial charge is 0.223 e. The van der Waals surface area contributed by atoms with Gasteiger partial charge < -0.3 is 4.57 Å². The SMILES string of the molecule is Cn1cnc2cc(-c3nc(Cl)ncc3F)ccc21. The van der Waals surface area contributed by atoms with Crippen molar-refractivity contribution in [2.75, 3.05) is 0 Å². The lowest BCUT2D eigenvalue weighted by molar-refractivity contribution is 0.618. The molecular formula is C12H8ClFN4. The van der Waals surface area contributed by atoms with Crippen LogP contribution in [0.5, 0.6) is 0 Å².